The molecule has 3 heteroatoms. The second kappa shape index (κ2) is 7.10. The van der Waals surface area contributed by atoms with Crippen LogP contribution in [0.1, 0.15) is 44.8 Å². The van der Waals surface area contributed by atoms with Gasteiger partial charge in [0.15, 0.2) is 0 Å². The zero-order chi connectivity index (χ0) is 13.5. The molecule has 0 saturated heterocycles. The highest BCUT2D eigenvalue weighted by molar-refractivity contribution is 5.33. The summed E-state index contributed by atoms with van der Waals surface area (Å²) in [5, 5.41) is 8.10. The standard InChI is InChI=1S/C16H23N3/c1-3-8-15(17-12-4-2)16-11-13-18-19(16)14-9-6-5-7-10-14/h5-7,9-11,13,15,17H,3-4,8,12H2,1-2H3. The number of aromatic nitrogens is 2. The zero-order valence-corrected chi connectivity index (χ0v) is 11.8. The topological polar surface area (TPSA) is 29.9 Å². The van der Waals surface area contributed by atoms with Crippen molar-refractivity contribution >= 4 is 0 Å². The van der Waals surface area contributed by atoms with Crippen molar-refractivity contribution in [2.45, 2.75) is 39.2 Å². The van der Waals surface area contributed by atoms with Crippen LogP contribution in [0, 0.1) is 0 Å². The number of nitrogens with zero attached hydrogens (tertiary/aromatic N) is 2. The summed E-state index contributed by atoms with van der Waals surface area (Å²) >= 11 is 0. The fourth-order valence-electron chi connectivity index (χ4n) is 2.32. The molecule has 0 aliphatic carbocycles. The van der Waals surface area contributed by atoms with Crippen molar-refractivity contribution in [3.05, 3.63) is 48.3 Å². The maximum Gasteiger partial charge on any atom is 0.0649 e. The van der Waals surface area contributed by atoms with E-state index in [1.165, 1.54) is 12.1 Å². The van der Waals surface area contributed by atoms with Crippen LogP contribution in [0.15, 0.2) is 42.6 Å². The van der Waals surface area contributed by atoms with Crippen molar-refractivity contribution in [3.8, 4) is 5.69 Å². The third-order valence-electron chi connectivity index (χ3n) is 3.25. The molecule has 0 aliphatic rings. The first-order chi connectivity index (χ1) is 9.36. The van der Waals surface area contributed by atoms with Crippen LogP contribution in [0.2, 0.25) is 0 Å². The molecule has 2 rings (SSSR count). The average molecular weight is 257 g/mol. The number of para-hydroxylation sites is 1. The van der Waals surface area contributed by atoms with Crippen LogP contribution in [0.5, 0.6) is 0 Å². The Morgan fingerprint density at radius 1 is 1.11 bits per heavy atom. The quantitative estimate of drug-likeness (QED) is 0.819. The zero-order valence-electron chi connectivity index (χ0n) is 11.8. The van der Waals surface area contributed by atoms with Gasteiger partial charge in [0.2, 0.25) is 0 Å². The van der Waals surface area contributed by atoms with Gasteiger partial charge in [0.05, 0.1) is 11.4 Å². The van der Waals surface area contributed by atoms with Crippen LogP contribution in [0.4, 0.5) is 0 Å². The second-order valence-electron chi connectivity index (χ2n) is 4.80. The van der Waals surface area contributed by atoms with E-state index >= 15 is 0 Å². The highest BCUT2D eigenvalue weighted by Crippen LogP contribution is 2.21. The minimum Gasteiger partial charge on any atom is -0.309 e. The normalized spacial score (nSPS) is 12.5. The van der Waals surface area contributed by atoms with E-state index in [4.69, 9.17) is 0 Å². The molecular weight excluding hydrogens is 234 g/mol. The number of benzene rings is 1. The maximum atomic E-state index is 4.47. The van der Waals surface area contributed by atoms with Crippen molar-refractivity contribution in [1.29, 1.82) is 0 Å². The lowest BCUT2D eigenvalue weighted by atomic mass is 10.1. The summed E-state index contributed by atoms with van der Waals surface area (Å²) in [6.45, 7) is 5.47. The molecule has 0 amide bonds. The molecule has 1 aromatic carbocycles. The largest absolute Gasteiger partial charge is 0.309 e. The molecule has 1 aromatic heterocycles. The van der Waals surface area contributed by atoms with Gasteiger partial charge in [-0.05, 0) is 37.6 Å². The molecule has 0 spiro atoms. The lowest BCUT2D eigenvalue weighted by Crippen LogP contribution is -2.24. The Balaban J connectivity index is 2.26. The maximum absolute atomic E-state index is 4.47. The molecule has 1 heterocycles. The predicted molar refractivity (Wildman–Crippen MR) is 79.5 cm³/mol. The minimum atomic E-state index is 0.382. The monoisotopic (exact) mass is 257 g/mol. The molecule has 1 N–H and O–H groups in total. The van der Waals surface area contributed by atoms with E-state index in [-0.39, 0.29) is 0 Å². The molecule has 0 fully saturated rings. The first-order valence-corrected chi connectivity index (χ1v) is 7.19. The second-order valence-corrected chi connectivity index (χ2v) is 4.80. The SMILES string of the molecule is CCCNC(CCC)c1ccnn1-c1ccccc1. The van der Waals surface area contributed by atoms with E-state index in [0.717, 1.165) is 25.1 Å². The molecule has 0 radical (unpaired) electrons. The van der Waals surface area contributed by atoms with Gasteiger partial charge < -0.3 is 5.32 Å². The molecule has 0 aliphatic heterocycles. The Kier molecular flexibility index (Phi) is 5.16. The number of nitrogens with one attached hydrogen (secondary N) is 1. The minimum absolute atomic E-state index is 0.382. The summed E-state index contributed by atoms with van der Waals surface area (Å²) in [5.74, 6) is 0. The summed E-state index contributed by atoms with van der Waals surface area (Å²) in [6, 6.07) is 12.8. The van der Waals surface area contributed by atoms with Crippen molar-refractivity contribution in [1.82, 2.24) is 15.1 Å². The van der Waals surface area contributed by atoms with Gasteiger partial charge in [-0.3, -0.25) is 0 Å². The lowest BCUT2D eigenvalue weighted by molar-refractivity contribution is 0.473. The van der Waals surface area contributed by atoms with Gasteiger partial charge in [0.1, 0.15) is 0 Å². The van der Waals surface area contributed by atoms with Gasteiger partial charge >= 0.3 is 0 Å². The molecule has 2 aromatic rings. The third kappa shape index (κ3) is 3.44. The van der Waals surface area contributed by atoms with Crippen molar-refractivity contribution < 1.29 is 0 Å². The van der Waals surface area contributed by atoms with Crippen LogP contribution in [-0.2, 0) is 0 Å². The Morgan fingerprint density at radius 3 is 2.58 bits per heavy atom. The Hall–Kier alpha value is -1.61. The molecule has 0 bridgehead atoms. The van der Waals surface area contributed by atoms with Gasteiger partial charge in [-0.1, -0.05) is 38.5 Å². The van der Waals surface area contributed by atoms with Gasteiger partial charge in [-0.25, -0.2) is 4.68 Å². The van der Waals surface area contributed by atoms with E-state index in [1.807, 2.05) is 16.9 Å². The highest BCUT2D eigenvalue weighted by Gasteiger charge is 2.15. The summed E-state index contributed by atoms with van der Waals surface area (Å²) in [5.41, 5.74) is 2.38. The van der Waals surface area contributed by atoms with Crippen LogP contribution < -0.4 is 5.32 Å². The van der Waals surface area contributed by atoms with Gasteiger partial charge in [-0.2, -0.15) is 5.10 Å². The summed E-state index contributed by atoms with van der Waals surface area (Å²) in [7, 11) is 0. The summed E-state index contributed by atoms with van der Waals surface area (Å²) < 4.78 is 2.04. The molecule has 0 saturated carbocycles. The summed E-state index contributed by atoms with van der Waals surface area (Å²) in [6.07, 6.45) is 5.35. The highest BCUT2D eigenvalue weighted by atomic mass is 15.3. The Bertz CT molecular complexity index is 476. The molecule has 102 valence electrons. The number of rotatable bonds is 7. The van der Waals surface area contributed by atoms with E-state index in [2.05, 4.69) is 54.6 Å². The fourth-order valence-corrected chi connectivity index (χ4v) is 2.32. The van der Waals surface area contributed by atoms with E-state index in [1.54, 1.807) is 0 Å². The van der Waals surface area contributed by atoms with Gasteiger partial charge in [-0.15, -0.1) is 0 Å². The van der Waals surface area contributed by atoms with Crippen molar-refractivity contribution in [3.63, 3.8) is 0 Å². The van der Waals surface area contributed by atoms with Crippen LogP contribution >= 0.6 is 0 Å². The van der Waals surface area contributed by atoms with Crippen LogP contribution in [-0.4, -0.2) is 16.3 Å². The predicted octanol–water partition coefficient (Wildman–Crippen LogP) is 3.71. The van der Waals surface area contributed by atoms with E-state index in [0.29, 0.717) is 6.04 Å². The van der Waals surface area contributed by atoms with Crippen LogP contribution in [0.3, 0.4) is 0 Å². The van der Waals surface area contributed by atoms with Crippen LogP contribution in [0.25, 0.3) is 5.69 Å². The smallest absolute Gasteiger partial charge is 0.0649 e. The molecule has 1 unspecified atom stereocenters. The first-order valence-electron chi connectivity index (χ1n) is 7.19. The van der Waals surface area contributed by atoms with Gasteiger partial charge in [0, 0.05) is 12.2 Å². The van der Waals surface area contributed by atoms with E-state index in [9.17, 15) is 0 Å². The molecule has 1 atom stereocenters. The molecule has 3 nitrogen and oxygen atoms in total. The van der Waals surface area contributed by atoms with Gasteiger partial charge in [0.25, 0.3) is 0 Å². The van der Waals surface area contributed by atoms with Crippen molar-refractivity contribution in [2.75, 3.05) is 6.54 Å². The van der Waals surface area contributed by atoms with Crippen molar-refractivity contribution in [2.24, 2.45) is 0 Å². The number of hydrogen-bond donors (Lipinski definition) is 1. The lowest BCUT2D eigenvalue weighted by Gasteiger charge is -2.19. The Morgan fingerprint density at radius 2 is 1.89 bits per heavy atom. The number of hydrogen-bond acceptors (Lipinski definition) is 2. The molecular formula is C16H23N3. The first kappa shape index (κ1) is 13.8. The average Bonchev–Trinajstić information content (AvgIpc) is 2.93. The third-order valence-corrected chi connectivity index (χ3v) is 3.25. The molecule has 19 heavy (non-hydrogen) atoms. The summed E-state index contributed by atoms with van der Waals surface area (Å²) in [4.78, 5) is 0. The fraction of sp³-hybridized carbons (Fsp3) is 0.438. The van der Waals surface area contributed by atoms with E-state index < -0.39 is 0 Å². The Labute approximate surface area is 115 Å².